The molecule has 140 valence electrons. The SMILES string of the molecule is CSc1nccc(-c2sc(N3CCN(C)CC3)nc2-c2ccc(F)cc2)n1. The van der Waals surface area contributed by atoms with Crippen molar-refractivity contribution in [3.05, 3.63) is 42.3 Å². The van der Waals surface area contributed by atoms with Gasteiger partial charge in [0.2, 0.25) is 0 Å². The fourth-order valence-corrected chi connectivity index (χ4v) is 4.45. The van der Waals surface area contributed by atoms with Crippen molar-refractivity contribution in [2.24, 2.45) is 0 Å². The summed E-state index contributed by atoms with van der Waals surface area (Å²) in [5.41, 5.74) is 2.60. The lowest BCUT2D eigenvalue weighted by Crippen LogP contribution is -2.44. The molecule has 3 heterocycles. The number of thioether (sulfide) groups is 1. The number of halogens is 1. The van der Waals surface area contributed by atoms with Crippen LogP contribution in [0, 0.1) is 5.82 Å². The van der Waals surface area contributed by atoms with E-state index in [1.54, 1.807) is 29.7 Å². The second-order valence-corrected chi connectivity index (χ2v) is 8.15. The number of hydrogen-bond acceptors (Lipinski definition) is 7. The van der Waals surface area contributed by atoms with Crippen LogP contribution in [0.5, 0.6) is 0 Å². The zero-order valence-electron chi connectivity index (χ0n) is 15.2. The van der Waals surface area contributed by atoms with E-state index >= 15 is 0 Å². The zero-order valence-corrected chi connectivity index (χ0v) is 16.9. The van der Waals surface area contributed by atoms with E-state index < -0.39 is 0 Å². The molecule has 0 saturated carbocycles. The Morgan fingerprint density at radius 3 is 2.48 bits per heavy atom. The summed E-state index contributed by atoms with van der Waals surface area (Å²) in [6.45, 7) is 3.94. The lowest BCUT2D eigenvalue weighted by molar-refractivity contribution is 0.313. The highest BCUT2D eigenvalue weighted by molar-refractivity contribution is 7.98. The third-order valence-corrected chi connectivity index (χ3v) is 6.26. The zero-order chi connectivity index (χ0) is 18.8. The lowest BCUT2D eigenvalue weighted by atomic mass is 10.1. The molecule has 1 saturated heterocycles. The van der Waals surface area contributed by atoms with E-state index in [1.807, 2.05) is 12.3 Å². The number of hydrogen-bond donors (Lipinski definition) is 0. The first-order chi connectivity index (χ1) is 13.1. The summed E-state index contributed by atoms with van der Waals surface area (Å²) in [7, 11) is 2.14. The maximum Gasteiger partial charge on any atom is 0.187 e. The molecule has 0 spiro atoms. The van der Waals surface area contributed by atoms with E-state index in [2.05, 4.69) is 26.8 Å². The molecule has 1 aliphatic heterocycles. The average molecular weight is 402 g/mol. The van der Waals surface area contributed by atoms with Gasteiger partial charge in [-0.3, -0.25) is 0 Å². The molecule has 3 aromatic rings. The Morgan fingerprint density at radius 2 is 1.78 bits per heavy atom. The molecule has 0 N–H and O–H groups in total. The van der Waals surface area contributed by atoms with E-state index in [1.165, 1.54) is 23.9 Å². The van der Waals surface area contributed by atoms with Crippen LogP contribution < -0.4 is 4.90 Å². The first-order valence-electron chi connectivity index (χ1n) is 8.71. The van der Waals surface area contributed by atoms with Gasteiger partial charge in [0.1, 0.15) is 5.82 Å². The predicted octanol–water partition coefficient (Wildman–Crippen LogP) is 3.88. The van der Waals surface area contributed by atoms with Crippen molar-refractivity contribution < 1.29 is 4.39 Å². The standard InChI is InChI=1S/C19H20FN5S2/c1-24-9-11-25(12-10-24)19-23-16(13-3-5-14(20)6-4-13)17(27-19)15-7-8-21-18(22-15)26-2/h3-8H,9-12H2,1-2H3. The minimum Gasteiger partial charge on any atom is -0.345 e. The molecule has 0 atom stereocenters. The molecule has 1 fully saturated rings. The van der Waals surface area contributed by atoms with Crippen molar-refractivity contribution in [3.8, 4) is 21.8 Å². The number of thiazole rings is 1. The van der Waals surface area contributed by atoms with Crippen LogP contribution in [0.4, 0.5) is 9.52 Å². The largest absolute Gasteiger partial charge is 0.345 e. The van der Waals surface area contributed by atoms with Gasteiger partial charge in [-0.25, -0.2) is 19.3 Å². The number of benzene rings is 1. The molecule has 8 heteroatoms. The van der Waals surface area contributed by atoms with Crippen LogP contribution >= 0.6 is 23.1 Å². The van der Waals surface area contributed by atoms with Crippen LogP contribution in [-0.2, 0) is 0 Å². The fraction of sp³-hybridized carbons (Fsp3) is 0.316. The van der Waals surface area contributed by atoms with Crippen molar-refractivity contribution >= 4 is 28.2 Å². The number of piperazine rings is 1. The van der Waals surface area contributed by atoms with E-state index in [9.17, 15) is 4.39 Å². The van der Waals surface area contributed by atoms with Crippen LogP contribution in [0.2, 0.25) is 0 Å². The van der Waals surface area contributed by atoms with Crippen LogP contribution in [0.3, 0.4) is 0 Å². The van der Waals surface area contributed by atoms with Gasteiger partial charge < -0.3 is 9.80 Å². The normalized spacial score (nSPS) is 15.3. The molecule has 0 unspecified atom stereocenters. The Balaban J connectivity index is 1.78. The second-order valence-electron chi connectivity index (χ2n) is 6.40. The quantitative estimate of drug-likeness (QED) is 0.488. The van der Waals surface area contributed by atoms with Gasteiger partial charge in [0, 0.05) is 37.9 Å². The third-order valence-electron chi connectivity index (χ3n) is 4.56. The van der Waals surface area contributed by atoms with Gasteiger partial charge in [-0.1, -0.05) is 23.1 Å². The molecule has 27 heavy (non-hydrogen) atoms. The van der Waals surface area contributed by atoms with Gasteiger partial charge in [0.05, 0.1) is 16.3 Å². The molecule has 0 bridgehead atoms. The minimum absolute atomic E-state index is 0.249. The van der Waals surface area contributed by atoms with Crippen LogP contribution in [0.25, 0.3) is 21.8 Å². The highest BCUT2D eigenvalue weighted by Gasteiger charge is 2.22. The summed E-state index contributed by atoms with van der Waals surface area (Å²) in [5, 5.41) is 1.72. The van der Waals surface area contributed by atoms with Crippen LogP contribution in [0.1, 0.15) is 0 Å². The van der Waals surface area contributed by atoms with Crippen molar-refractivity contribution in [1.29, 1.82) is 0 Å². The maximum atomic E-state index is 13.4. The van der Waals surface area contributed by atoms with Crippen molar-refractivity contribution in [2.45, 2.75) is 5.16 Å². The topological polar surface area (TPSA) is 45.2 Å². The molecule has 1 aliphatic rings. The van der Waals surface area contributed by atoms with Gasteiger partial charge in [0.15, 0.2) is 10.3 Å². The van der Waals surface area contributed by atoms with Gasteiger partial charge in [-0.2, -0.15) is 0 Å². The van der Waals surface area contributed by atoms with E-state index in [0.717, 1.165) is 58.3 Å². The fourth-order valence-electron chi connectivity index (χ4n) is 2.98. The van der Waals surface area contributed by atoms with Crippen molar-refractivity contribution in [1.82, 2.24) is 19.9 Å². The highest BCUT2D eigenvalue weighted by Crippen LogP contribution is 2.40. The summed E-state index contributed by atoms with van der Waals surface area (Å²) < 4.78 is 13.4. The summed E-state index contributed by atoms with van der Waals surface area (Å²) in [4.78, 5) is 19.5. The van der Waals surface area contributed by atoms with Crippen LogP contribution in [-0.4, -0.2) is 59.3 Å². The lowest BCUT2D eigenvalue weighted by Gasteiger charge is -2.32. The Labute approximate surface area is 166 Å². The monoisotopic (exact) mass is 401 g/mol. The Morgan fingerprint density at radius 1 is 1.04 bits per heavy atom. The van der Waals surface area contributed by atoms with Gasteiger partial charge >= 0.3 is 0 Å². The average Bonchev–Trinajstić information content (AvgIpc) is 3.14. The van der Waals surface area contributed by atoms with E-state index in [4.69, 9.17) is 4.98 Å². The van der Waals surface area contributed by atoms with Crippen molar-refractivity contribution in [2.75, 3.05) is 44.4 Å². The highest BCUT2D eigenvalue weighted by atomic mass is 32.2. The predicted molar refractivity (Wildman–Crippen MR) is 110 cm³/mol. The number of nitrogens with zero attached hydrogens (tertiary/aromatic N) is 5. The molecule has 2 aromatic heterocycles. The van der Waals surface area contributed by atoms with Gasteiger partial charge in [-0.05, 0) is 43.6 Å². The number of likely N-dealkylation sites (N-methyl/N-ethyl adjacent to an activating group) is 1. The Kier molecular flexibility index (Phi) is 5.38. The Bertz CT molecular complexity index is 920. The van der Waals surface area contributed by atoms with Crippen molar-refractivity contribution in [3.63, 3.8) is 0 Å². The molecule has 1 aromatic carbocycles. The van der Waals surface area contributed by atoms with E-state index in [-0.39, 0.29) is 5.82 Å². The molecule has 0 aliphatic carbocycles. The minimum atomic E-state index is -0.249. The molecule has 0 amide bonds. The third kappa shape index (κ3) is 3.97. The first-order valence-corrected chi connectivity index (χ1v) is 10.8. The molecule has 4 rings (SSSR count). The summed E-state index contributed by atoms with van der Waals surface area (Å²) in [5.74, 6) is -0.249. The van der Waals surface area contributed by atoms with Gasteiger partial charge in [-0.15, -0.1) is 0 Å². The van der Waals surface area contributed by atoms with E-state index in [0.29, 0.717) is 0 Å². The molecule has 5 nitrogen and oxygen atoms in total. The summed E-state index contributed by atoms with van der Waals surface area (Å²) >= 11 is 3.15. The second kappa shape index (κ2) is 7.92. The summed E-state index contributed by atoms with van der Waals surface area (Å²) in [6.07, 6.45) is 3.74. The first kappa shape index (κ1) is 18.3. The smallest absolute Gasteiger partial charge is 0.187 e. The number of anilines is 1. The maximum absolute atomic E-state index is 13.4. The molecule has 0 radical (unpaired) electrons. The Hall–Kier alpha value is -2.03. The summed E-state index contributed by atoms with van der Waals surface area (Å²) in [6, 6.07) is 8.41. The number of aromatic nitrogens is 3. The van der Waals surface area contributed by atoms with Gasteiger partial charge in [0.25, 0.3) is 0 Å². The number of rotatable bonds is 4. The molecular formula is C19H20FN5S2. The van der Waals surface area contributed by atoms with Crippen LogP contribution in [0.15, 0.2) is 41.7 Å². The molecular weight excluding hydrogens is 381 g/mol.